The number of rotatable bonds is 9. The minimum atomic E-state index is -0.0883. The van der Waals surface area contributed by atoms with Gasteiger partial charge in [-0.1, -0.05) is 19.3 Å². The largest absolute Gasteiger partial charge is 0.494 e. The van der Waals surface area contributed by atoms with Crippen molar-refractivity contribution in [3.05, 3.63) is 40.2 Å². The van der Waals surface area contributed by atoms with Crippen molar-refractivity contribution in [1.29, 1.82) is 0 Å². The highest BCUT2D eigenvalue weighted by molar-refractivity contribution is 5.85. The second-order valence-corrected chi connectivity index (χ2v) is 8.63. The van der Waals surface area contributed by atoms with Crippen LogP contribution in [-0.4, -0.2) is 42.4 Å². The molecule has 2 aromatic rings. The van der Waals surface area contributed by atoms with Crippen LogP contribution in [0.3, 0.4) is 0 Å². The van der Waals surface area contributed by atoms with Crippen LogP contribution in [0, 0.1) is 0 Å². The third kappa shape index (κ3) is 5.99. The minimum Gasteiger partial charge on any atom is -0.494 e. The lowest BCUT2D eigenvalue weighted by Gasteiger charge is -2.29. The summed E-state index contributed by atoms with van der Waals surface area (Å²) in [5.41, 5.74) is 0.695. The molecule has 0 amide bonds. The zero-order chi connectivity index (χ0) is 20.1. The number of hydrogen-bond donors (Lipinski definition) is 1. The summed E-state index contributed by atoms with van der Waals surface area (Å²) in [5, 5.41) is 10.2. The van der Waals surface area contributed by atoms with Gasteiger partial charge in [0.15, 0.2) is 5.43 Å². The maximum absolute atomic E-state index is 12.5. The molecule has 2 fully saturated rings. The lowest BCUT2D eigenvalue weighted by atomic mass is 9.83. The Morgan fingerprint density at radius 2 is 1.80 bits per heavy atom. The topological polar surface area (TPSA) is 62.9 Å². The summed E-state index contributed by atoms with van der Waals surface area (Å²) in [4.78, 5) is 14.9. The van der Waals surface area contributed by atoms with Gasteiger partial charge in [-0.3, -0.25) is 4.79 Å². The summed E-state index contributed by atoms with van der Waals surface area (Å²) >= 11 is 0. The molecule has 2 aliphatic rings. The van der Waals surface area contributed by atoms with E-state index in [1.54, 1.807) is 6.07 Å². The van der Waals surface area contributed by atoms with Crippen LogP contribution in [-0.2, 0) is 0 Å². The quantitative estimate of drug-likeness (QED) is 0.569. The highest BCUT2D eigenvalue weighted by Gasteiger charge is 2.23. The SMILES string of the molecule is Cl.O=c1cc(C2CCC2)oc2ccc(OCCCCCCN3CCC(O)CC3)cc12. The van der Waals surface area contributed by atoms with Crippen molar-refractivity contribution < 1.29 is 14.3 Å². The van der Waals surface area contributed by atoms with Gasteiger partial charge in [-0.25, -0.2) is 0 Å². The van der Waals surface area contributed by atoms with Crippen LogP contribution in [0.15, 0.2) is 33.5 Å². The molecule has 1 aromatic heterocycles. The van der Waals surface area contributed by atoms with Gasteiger partial charge in [0.25, 0.3) is 0 Å². The monoisotopic (exact) mass is 435 g/mol. The maximum atomic E-state index is 12.5. The molecule has 1 aromatic carbocycles. The molecular weight excluding hydrogens is 402 g/mol. The number of unbranched alkanes of at least 4 members (excludes halogenated alkanes) is 3. The average Bonchev–Trinajstić information content (AvgIpc) is 2.68. The summed E-state index contributed by atoms with van der Waals surface area (Å²) in [6.07, 6.45) is 9.79. The molecule has 1 saturated heterocycles. The number of nitrogens with zero attached hydrogens (tertiary/aromatic N) is 1. The van der Waals surface area contributed by atoms with Crippen molar-refractivity contribution in [3.8, 4) is 5.75 Å². The van der Waals surface area contributed by atoms with Crippen LogP contribution < -0.4 is 10.2 Å². The van der Waals surface area contributed by atoms with E-state index in [0.717, 1.165) is 69.7 Å². The van der Waals surface area contributed by atoms with Gasteiger partial charge in [-0.05, 0) is 63.3 Å². The van der Waals surface area contributed by atoms with E-state index in [0.29, 0.717) is 23.5 Å². The Morgan fingerprint density at radius 3 is 2.53 bits per heavy atom. The van der Waals surface area contributed by atoms with E-state index in [-0.39, 0.29) is 23.9 Å². The van der Waals surface area contributed by atoms with Crippen LogP contribution in [0.1, 0.15) is 69.5 Å². The van der Waals surface area contributed by atoms with Crippen molar-refractivity contribution in [2.45, 2.75) is 69.8 Å². The Bertz CT molecular complexity index is 856. The molecule has 30 heavy (non-hydrogen) atoms. The Kier molecular flexibility index (Phi) is 8.61. The molecule has 6 heteroatoms. The highest BCUT2D eigenvalue weighted by Crippen LogP contribution is 2.36. The number of aliphatic hydroxyl groups is 1. The number of hydrogen-bond acceptors (Lipinski definition) is 5. The van der Waals surface area contributed by atoms with Crippen molar-refractivity contribution in [2.24, 2.45) is 0 Å². The molecule has 0 bridgehead atoms. The van der Waals surface area contributed by atoms with Crippen LogP contribution in [0.4, 0.5) is 0 Å². The lowest BCUT2D eigenvalue weighted by molar-refractivity contribution is 0.0817. The molecule has 2 heterocycles. The summed E-state index contributed by atoms with van der Waals surface area (Å²) in [7, 11) is 0. The predicted molar refractivity (Wildman–Crippen MR) is 122 cm³/mol. The number of likely N-dealkylation sites (tertiary alicyclic amines) is 1. The zero-order valence-electron chi connectivity index (χ0n) is 17.7. The van der Waals surface area contributed by atoms with E-state index in [2.05, 4.69) is 4.90 Å². The maximum Gasteiger partial charge on any atom is 0.193 e. The van der Waals surface area contributed by atoms with E-state index in [1.807, 2.05) is 18.2 Å². The first kappa shape index (κ1) is 23.1. The number of benzene rings is 1. The van der Waals surface area contributed by atoms with Gasteiger partial charge in [0.2, 0.25) is 0 Å². The van der Waals surface area contributed by atoms with E-state index < -0.39 is 0 Å². The van der Waals surface area contributed by atoms with Gasteiger partial charge in [-0.15, -0.1) is 12.4 Å². The fraction of sp³-hybridized carbons (Fsp3) is 0.625. The van der Waals surface area contributed by atoms with Gasteiger partial charge < -0.3 is 19.2 Å². The summed E-state index contributed by atoms with van der Waals surface area (Å²) in [6, 6.07) is 7.25. The number of fused-ring (bicyclic) bond motifs is 1. The predicted octanol–water partition coefficient (Wildman–Crippen LogP) is 4.88. The number of piperidine rings is 1. The van der Waals surface area contributed by atoms with Crippen molar-refractivity contribution in [3.63, 3.8) is 0 Å². The minimum absolute atomic E-state index is 0. The third-order valence-corrected chi connectivity index (χ3v) is 6.42. The fourth-order valence-electron chi connectivity index (χ4n) is 4.26. The summed E-state index contributed by atoms with van der Waals surface area (Å²) in [5.74, 6) is 2.00. The van der Waals surface area contributed by atoms with E-state index in [4.69, 9.17) is 9.15 Å². The molecule has 0 spiro atoms. The average molecular weight is 436 g/mol. The first-order valence-electron chi connectivity index (χ1n) is 11.3. The molecule has 0 radical (unpaired) electrons. The second kappa shape index (κ2) is 11.2. The van der Waals surface area contributed by atoms with E-state index in [9.17, 15) is 9.90 Å². The fourth-order valence-corrected chi connectivity index (χ4v) is 4.26. The summed E-state index contributed by atoms with van der Waals surface area (Å²) in [6.45, 7) is 3.87. The number of aliphatic hydroxyl groups excluding tert-OH is 1. The normalized spacial score (nSPS) is 18.2. The third-order valence-electron chi connectivity index (χ3n) is 6.42. The molecular formula is C24H34ClNO4. The zero-order valence-corrected chi connectivity index (χ0v) is 18.5. The molecule has 1 N–H and O–H groups in total. The van der Waals surface area contributed by atoms with Gasteiger partial charge in [0.05, 0.1) is 18.1 Å². The first-order valence-corrected chi connectivity index (χ1v) is 11.3. The Morgan fingerprint density at radius 1 is 1.03 bits per heavy atom. The molecule has 5 nitrogen and oxygen atoms in total. The van der Waals surface area contributed by atoms with Crippen molar-refractivity contribution in [1.82, 2.24) is 4.90 Å². The lowest BCUT2D eigenvalue weighted by Crippen LogP contribution is -2.36. The van der Waals surface area contributed by atoms with Crippen molar-refractivity contribution >= 4 is 23.4 Å². The van der Waals surface area contributed by atoms with Crippen LogP contribution in [0.5, 0.6) is 5.75 Å². The van der Waals surface area contributed by atoms with Gasteiger partial charge >= 0.3 is 0 Å². The van der Waals surface area contributed by atoms with Gasteiger partial charge in [-0.2, -0.15) is 0 Å². The Balaban J connectivity index is 0.00000256. The summed E-state index contributed by atoms with van der Waals surface area (Å²) < 4.78 is 11.8. The molecule has 1 aliphatic carbocycles. The number of ether oxygens (including phenoxy) is 1. The number of halogens is 1. The first-order chi connectivity index (χ1) is 14.2. The molecule has 166 valence electrons. The molecule has 0 atom stereocenters. The second-order valence-electron chi connectivity index (χ2n) is 8.63. The van der Waals surface area contributed by atoms with Crippen LogP contribution in [0.25, 0.3) is 11.0 Å². The van der Waals surface area contributed by atoms with Crippen LogP contribution >= 0.6 is 12.4 Å². The Hall–Kier alpha value is -1.56. The Labute approximate surface area is 184 Å². The van der Waals surface area contributed by atoms with Crippen LogP contribution in [0.2, 0.25) is 0 Å². The molecule has 4 rings (SSSR count). The van der Waals surface area contributed by atoms with E-state index in [1.165, 1.54) is 19.3 Å². The highest BCUT2D eigenvalue weighted by atomic mass is 35.5. The smallest absolute Gasteiger partial charge is 0.193 e. The molecule has 1 aliphatic heterocycles. The standard InChI is InChI=1S/C24H33NO4.ClH/c26-19-10-13-25(14-11-19)12-3-1-2-4-15-28-20-8-9-23-21(16-20)22(27)17-24(29-23)18-6-5-7-18;/h8-9,16-19,26H,1-7,10-15H2;1H. The van der Waals surface area contributed by atoms with E-state index >= 15 is 0 Å². The van der Waals surface area contributed by atoms with Gasteiger partial charge in [0.1, 0.15) is 17.1 Å². The molecule has 0 unspecified atom stereocenters. The van der Waals surface area contributed by atoms with Crippen molar-refractivity contribution in [2.75, 3.05) is 26.2 Å². The molecule has 1 saturated carbocycles. The van der Waals surface area contributed by atoms with Gasteiger partial charge in [0, 0.05) is 25.1 Å².